The molecule has 144 valence electrons. The number of nitrogens with two attached hydrogens (primary N) is 1. The molecule has 1 aromatic carbocycles. The zero-order valence-corrected chi connectivity index (χ0v) is 16.3. The lowest BCUT2D eigenvalue weighted by atomic mass is 9.93. The van der Waals surface area contributed by atoms with Crippen LogP contribution in [0.4, 0.5) is 0 Å². The highest BCUT2D eigenvalue weighted by Gasteiger charge is 2.26. The molecular formula is C22H25N5O. The Morgan fingerprint density at radius 2 is 2.07 bits per heavy atom. The van der Waals surface area contributed by atoms with Crippen molar-refractivity contribution < 1.29 is 4.79 Å². The van der Waals surface area contributed by atoms with Crippen LogP contribution in [0, 0.1) is 11.3 Å². The van der Waals surface area contributed by atoms with Crippen LogP contribution < -0.4 is 5.73 Å². The normalized spacial score (nSPS) is 15.0. The number of carbonyl (C=O) groups is 1. The van der Waals surface area contributed by atoms with Gasteiger partial charge >= 0.3 is 0 Å². The second-order valence-corrected chi connectivity index (χ2v) is 7.13. The number of hydrogen-bond acceptors (Lipinski definition) is 4. The number of nitrogens with zero attached hydrogens (tertiary/aromatic N) is 4. The van der Waals surface area contributed by atoms with Gasteiger partial charge in [0, 0.05) is 13.2 Å². The van der Waals surface area contributed by atoms with E-state index in [2.05, 4.69) is 34.2 Å². The van der Waals surface area contributed by atoms with Gasteiger partial charge in [0.15, 0.2) is 5.96 Å². The van der Waals surface area contributed by atoms with Gasteiger partial charge in [-0.1, -0.05) is 31.2 Å². The molecule has 1 saturated carbocycles. The van der Waals surface area contributed by atoms with Gasteiger partial charge in [-0.05, 0) is 54.0 Å². The van der Waals surface area contributed by atoms with Gasteiger partial charge < -0.3 is 5.73 Å². The van der Waals surface area contributed by atoms with E-state index in [1.165, 1.54) is 23.3 Å². The van der Waals surface area contributed by atoms with Crippen molar-refractivity contribution in [1.29, 1.82) is 5.26 Å². The van der Waals surface area contributed by atoms with Crippen LogP contribution in [0.15, 0.2) is 47.6 Å². The minimum absolute atomic E-state index is 0.0737. The number of likely N-dealkylation sites (N-methyl/N-ethyl adjacent to an activating group) is 1. The van der Waals surface area contributed by atoms with Crippen molar-refractivity contribution in [2.24, 2.45) is 10.7 Å². The van der Waals surface area contributed by atoms with Gasteiger partial charge in [-0.15, -0.1) is 0 Å². The molecular weight excluding hydrogens is 350 g/mol. The van der Waals surface area contributed by atoms with E-state index in [1.54, 1.807) is 25.4 Å². The molecule has 1 amide bonds. The Bertz CT molecular complexity index is 909. The van der Waals surface area contributed by atoms with Crippen LogP contribution >= 0.6 is 0 Å². The summed E-state index contributed by atoms with van der Waals surface area (Å²) in [5.74, 6) is 0.534. The fraction of sp³-hybridized carbons (Fsp3) is 0.364. The number of guanidine groups is 1. The number of amides is 1. The van der Waals surface area contributed by atoms with Gasteiger partial charge in [0.1, 0.15) is 11.8 Å². The molecule has 1 heterocycles. The van der Waals surface area contributed by atoms with Crippen LogP contribution in [0.5, 0.6) is 0 Å². The van der Waals surface area contributed by atoms with E-state index in [0.29, 0.717) is 18.0 Å². The monoisotopic (exact) mass is 375 g/mol. The molecule has 1 atom stereocenters. The SMILES string of the molecule is CC[C@H](C(=O)N(C)C(N)=NCc1ccnc(C#N)c1)c1ccc(C2CC2)cc1. The Morgan fingerprint density at radius 1 is 1.36 bits per heavy atom. The summed E-state index contributed by atoms with van der Waals surface area (Å²) < 4.78 is 0. The van der Waals surface area contributed by atoms with Gasteiger partial charge in [-0.2, -0.15) is 5.26 Å². The smallest absolute Gasteiger partial charge is 0.236 e. The van der Waals surface area contributed by atoms with Crippen molar-refractivity contribution in [3.63, 3.8) is 0 Å². The van der Waals surface area contributed by atoms with E-state index < -0.39 is 0 Å². The number of pyridine rings is 1. The molecule has 3 rings (SSSR count). The van der Waals surface area contributed by atoms with Crippen molar-refractivity contribution in [1.82, 2.24) is 9.88 Å². The molecule has 1 aliphatic rings. The molecule has 2 aromatic rings. The molecule has 6 nitrogen and oxygen atoms in total. The molecule has 0 spiro atoms. The Balaban J connectivity index is 1.68. The molecule has 1 aromatic heterocycles. The van der Waals surface area contributed by atoms with Gasteiger partial charge in [0.25, 0.3) is 0 Å². The Hall–Kier alpha value is -3.20. The van der Waals surface area contributed by atoms with Crippen LogP contribution in [-0.2, 0) is 11.3 Å². The van der Waals surface area contributed by atoms with Crippen molar-refractivity contribution in [3.05, 3.63) is 65.0 Å². The molecule has 6 heteroatoms. The molecule has 0 aliphatic heterocycles. The number of benzene rings is 1. The largest absolute Gasteiger partial charge is 0.369 e. The van der Waals surface area contributed by atoms with E-state index in [9.17, 15) is 4.79 Å². The first-order chi connectivity index (χ1) is 13.5. The van der Waals surface area contributed by atoms with Crippen LogP contribution in [0.3, 0.4) is 0 Å². The Morgan fingerprint density at radius 3 is 2.68 bits per heavy atom. The van der Waals surface area contributed by atoms with Gasteiger partial charge in [-0.3, -0.25) is 9.69 Å². The third-order valence-electron chi connectivity index (χ3n) is 5.13. The number of hydrogen-bond donors (Lipinski definition) is 1. The van der Waals surface area contributed by atoms with E-state index in [4.69, 9.17) is 11.0 Å². The predicted octanol–water partition coefficient (Wildman–Crippen LogP) is 3.30. The number of aromatic nitrogens is 1. The van der Waals surface area contributed by atoms with E-state index in [1.807, 2.05) is 13.0 Å². The van der Waals surface area contributed by atoms with E-state index >= 15 is 0 Å². The highest BCUT2D eigenvalue weighted by Crippen LogP contribution is 2.40. The Labute approximate surface area is 165 Å². The summed E-state index contributed by atoms with van der Waals surface area (Å²) in [6.45, 7) is 2.28. The lowest BCUT2D eigenvalue weighted by Crippen LogP contribution is -2.41. The van der Waals surface area contributed by atoms with Crippen molar-refractivity contribution in [2.45, 2.75) is 44.6 Å². The van der Waals surface area contributed by atoms with Crippen LogP contribution in [0.25, 0.3) is 0 Å². The molecule has 0 radical (unpaired) electrons. The van der Waals surface area contributed by atoms with E-state index in [0.717, 1.165) is 11.1 Å². The third-order valence-corrected chi connectivity index (χ3v) is 5.13. The van der Waals surface area contributed by atoms with Crippen LogP contribution in [-0.4, -0.2) is 28.8 Å². The fourth-order valence-corrected chi connectivity index (χ4v) is 3.23. The van der Waals surface area contributed by atoms with Crippen LogP contribution in [0.2, 0.25) is 0 Å². The zero-order chi connectivity index (χ0) is 20.1. The predicted molar refractivity (Wildman–Crippen MR) is 108 cm³/mol. The molecule has 0 unspecified atom stereocenters. The lowest BCUT2D eigenvalue weighted by Gasteiger charge is -2.23. The van der Waals surface area contributed by atoms with Gasteiger partial charge in [0.2, 0.25) is 5.91 Å². The average molecular weight is 375 g/mol. The second-order valence-electron chi connectivity index (χ2n) is 7.13. The topological polar surface area (TPSA) is 95.4 Å². The third kappa shape index (κ3) is 4.55. The number of nitriles is 1. The van der Waals surface area contributed by atoms with Crippen LogP contribution in [0.1, 0.15) is 60.4 Å². The summed E-state index contributed by atoms with van der Waals surface area (Å²) in [5, 5.41) is 8.92. The van der Waals surface area contributed by atoms with E-state index in [-0.39, 0.29) is 24.3 Å². The quantitative estimate of drug-likeness (QED) is 0.619. The highest BCUT2D eigenvalue weighted by molar-refractivity contribution is 5.98. The first kappa shape index (κ1) is 19.6. The highest BCUT2D eigenvalue weighted by atomic mass is 16.2. The number of rotatable bonds is 6. The van der Waals surface area contributed by atoms with Crippen molar-refractivity contribution >= 4 is 11.9 Å². The van der Waals surface area contributed by atoms with Gasteiger partial charge in [-0.25, -0.2) is 9.98 Å². The summed E-state index contributed by atoms with van der Waals surface area (Å²) in [4.78, 5) is 22.6. The van der Waals surface area contributed by atoms with Crippen molar-refractivity contribution in [2.75, 3.05) is 7.05 Å². The summed E-state index contributed by atoms with van der Waals surface area (Å²) in [7, 11) is 1.65. The molecule has 2 N–H and O–H groups in total. The summed E-state index contributed by atoms with van der Waals surface area (Å²) >= 11 is 0. The molecule has 1 aliphatic carbocycles. The van der Waals surface area contributed by atoms with Gasteiger partial charge in [0.05, 0.1) is 12.5 Å². The molecule has 28 heavy (non-hydrogen) atoms. The molecule has 0 bridgehead atoms. The molecule has 0 saturated heterocycles. The summed E-state index contributed by atoms with van der Waals surface area (Å²) in [6.07, 6.45) is 4.78. The number of aliphatic imine (C=N–C) groups is 1. The first-order valence-corrected chi connectivity index (χ1v) is 9.55. The summed E-state index contributed by atoms with van der Waals surface area (Å²) in [6, 6.07) is 13.8. The number of carbonyl (C=O) groups excluding carboxylic acids is 1. The Kier molecular flexibility index (Phi) is 6.05. The lowest BCUT2D eigenvalue weighted by molar-refractivity contribution is -0.128. The second kappa shape index (κ2) is 8.66. The molecule has 1 fully saturated rings. The first-order valence-electron chi connectivity index (χ1n) is 9.55. The minimum Gasteiger partial charge on any atom is -0.369 e. The van der Waals surface area contributed by atoms with Crippen molar-refractivity contribution in [3.8, 4) is 6.07 Å². The average Bonchev–Trinajstić information content (AvgIpc) is 3.58. The maximum absolute atomic E-state index is 13.0. The summed E-state index contributed by atoms with van der Waals surface area (Å²) in [5.41, 5.74) is 9.56. The zero-order valence-electron chi connectivity index (χ0n) is 16.3. The fourth-order valence-electron chi connectivity index (χ4n) is 3.23. The maximum Gasteiger partial charge on any atom is 0.236 e. The maximum atomic E-state index is 13.0. The standard InChI is InChI=1S/C22H25N5O/c1-3-20(18-8-6-17(7-9-18)16-4-5-16)21(28)27(2)22(24)26-14-15-10-11-25-19(12-15)13-23/h6-12,16,20H,3-5,14H2,1-2H3,(H2,24,26)/t20-/m0/s1. The minimum atomic E-state index is -0.252.